The average molecular weight is 352 g/mol. The first-order valence-electron chi connectivity index (χ1n) is 7.51. The van der Waals surface area contributed by atoms with E-state index < -0.39 is 0 Å². The summed E-state index contributed by atoms with van der Waals surface area (Å²) in [6.07, 6.45) is 1.85. The Morgan fingerprint density at radius 2 is 1.76 bits per heavy atom. The fourth-order valence-electron chi connectivity index (χ4n) is 2.81. The highest BCUT2D eigenvalue weighted by Crippen LogP contribution is 2.33. The molecule has 2 aromatic heterocycles. The molecule has 1 N–H and O–H groups in total. The lowest BCUT2D eigenvalue weighted by atomic mass is 9.99. The number of fused-ring (bicyclic) bond motifs is 1. The number of pyridine rings is 1. The Bertz CT molecular complexity index is 1030. The summed E-state index contributed by atoms with van der Waals surface area (Å²) in [5.41, 5.74) is 4.43. The van der Waals surface area contributed by atoms with E-state index in [4.69, 9.17) is 0 Å². The van der Waals surface area contributed by atoms with Crippen LogP contribution >= 0.6 is 12.4 Å². The minimum absolute atomic E-state index is 0. The molecule has 0 fully saturated rings. The highest BCUT2D eigenvalue weighted by molar-refractivity contribution is 5.97. The van der Waals surface area contributed by atoms with Gasteiger partial charge in [0, 0.05) is 23.7 Å². The van der Waals surface area contributed by atoms with E-state index in [0.29, 0.717) is 0 Å². The first-order valence-corrected chi connectivity index (χ1v) is 7.51. The summed E-state index contributed by atoms with van der Waals surface area (Å²) in [7, 11) is 0. The summed E-state index contributed by atoms with van der Waals surface area (Å²) in [5.74, 6) is 0. The first kappa shape index (κ1) is 16.7. The lowest BCUT2D eigenvalue weighted by Gasteiger charge is -2.09. The van der Waals surface area contributed by atoms with Crippen LogP contribution in [-0.4, -0.2) is 14.9 Å². The fraction of sp³-hybridized carbons (Fsp3) is 0. The van der Waals surface area contributed by atoms with E-state index in [0.717, 1.165) is 33.4 Å². The van der Waals surface area contributed by atoms with Crippen molar-refractivity contribution in [3.05, 3.63) is 83.0 Å². The van der Waals surface area contributed by atoms with Gasteiger partial charge in [0.2, 0.25) is 0 Å². The van der Waals surface area contributed by atoms with Gasteiger partial charge >= 0.3 is 0 Å². The van der Waals surface area contributed by atoms with Crippen LogP contribution in [0.4, 0.5) is 5.69 Å². The van der Waals surface area contributed by atoms with Gasteiger partial charge in [0.25, 0.3) is 5.69 Å². The Labute approximate surface area is 149 Å². The predicted molar refractivity (Wildman–Crippen MR) is 101 cm³/mol. The van der Waals surface area contributed by atoms with Crippen LogP contribution in [0.5, 0.6) is 0 Å². The van der Waals surface area contributed by atoms with Crippen LogP contribution < -0.4 is 0 Å². The van der Waals surface area contributed by atoms with Crippen LogP contribution in [0.25, 0.3) is 33.4 Å². The van der Waals surface area contributed by atoms with Gasteiger partial charge in [-0.3, -0.25) is 10.1 Å². The fourth-order valence-corrected chi connectivity index (χ4v) is 2.81. The van der Waals surface area contributed by atoms with Crippen molar-refractivity contribution >= 4 is 29.0 Å². The van der Waals surface area contributed by atoms with Crippen LogP contribution in [0, 0.1) is 10.1 Å². The van der Waals surface area contributed by atoms with E-state index in [-0.39, 0.29) is 23.0 Å². The van der Waals surface area contributed by atoms with Crippen molar-refractivity contribution in [1.29, 1.82) is 0 Å². The molecule has 0 radical (unpaired) electrons. The number of hydrogen-bond donors (Lipinski definition) is 1. The van der Waals surface area contributed by atoms with Crippen LogP contribution in [0.3, 0.4) is 0 Å². The van der Waals surface area contributed by atoms with Crippen molar-refractivity contribution in [2.75, 3.05) is 0 Å². The molecule has 0 saturated carbocycles. The van der Waals surface area contributed by atoms with Crippen molar-refractivity contribution in [3.8, 4) is 22.5 Å². The standard InChI is InChI=1S/C19H13N3O2.ClH/c23-22(24)14-8-9-17-16(11-14)15(13-5-2-1-3-6-13)12-19(21-17)18-7-4-10-20-18;/h1-12,20H;1H. The van der Waals surface area contributed by atoms with Gasteiger partial charge in [0.1, 0.15) is 0 Å². The van der Waals surface area contributed by atoms with Gasteiger partial charge in [-0.2, -0.15) is 0 Å². The van der Waals surface area contributed by atoms with Crippen LogP contribution in [-0.2, 0) is 0 Å². The molecule has 0 saturated heterocycles. The summed E-state index contributed by atoms with van der Waals surface area (Å²) in [4.78, 5) is 18.6. The van der Waals surface area contributed by atoms with Crippen molar-refractivity contribution in [2.45, 2.75) is 0 Å². The molecule has 2 heterocycles. The van der Waals surface area contributed by atoms with Crippen molar-refractivity contribution in [2.24, 2.45) is 0 Å². The SMILES string of the molecule is Cl.O=[N+]([O-])c1ccc2nc(-c3ccc[nH]3)cc(-c3ccccc3)c2c1. The number of H-pyrrole nitrogens is 1. The molecule has 0 unspecified atom stereocenters. The molecule has 0 aliphatic heterocycles. The molecular formula is C19H14ClN3O2. The van der Waals surface area contributed by atoms with E-state index in [1.165, 1.54) is 6.07 Å². The predicted octanol–water partition coefficient (Wildman–Crippen LogP) is 5.23. The second-order valence-electron chi connectivity index (χ2n) is 5.46. The Hall–Kier alpha value is -3.18. The van der Waals surface area contributed by atoms with E-state index in [2.05, 4.69) is 9.97 Å². The summed E-state index contributed by atoms with van der Waals surface area (Å²) in [6, 6.07) is 20.4. The third-order valence-corrected chi connectivity index (χ3v) is 3.96. The van der Waals surface area contributed by atoms with E-state index in [1.54, 1.807) is 12.1 Å². The maximum absolute atomic E-state index is 11.1. The second-order valence-corrected chi connectivity index (χ2v) is 5.46. The number of benzene rings is 2. The molecule has 5 nitrogen and oxygen atoms in total. The number of nitrogens with zero attached hydrogens (tertiary/aromatic N) is 2. The zero-order chi connectivity index (χ0) is 16.5. The smallest absolute Gasteiger partial charge is 0.270 e. The molecule has 0 bridgehead atoms. The summed E-state index contributed by atoms with van der Waals surface area (Å²) in [5, 5.41) is 11.9. The molecule has 0 amide bonds. The van der Waals surface area contributed by atoms with E-state index in [9.17, 15) is 10.1 Å². The largest absolute Gasteiger partial charge is 0.360 e. The highest BCUT2D eigenvalue weighted by Gasteiger charge is 2.13. The third-order valence-electron chi connectivity index (χ3n) is 3.96. The van der Waals surface area contributed by atoms with Gasteiger partial charge in [0.15, 0.2) is 0 Å². The van der Waals surface area contributed by atoms with Crippen LogP contribution in [0.1, 0.15) is 0 Å². The van der Waals surface area contributed by atoms with Gasteiger partial charge in [-0.15, -0.1) is 12.4 Å². The number of hydrogen-bond acceptors (Lipinski definition) is 3. The number of aromatic nitrogens is 2. The molecule has 4 rings (SSSR count). The summed E-state index contributed by atoms with van der Waals surface area (Å²) in [6.45, 7) is 0. The number of nitrogens with one attached hydrogen (secondary N) is 1. The zero-order valence-corrected chi connectivity index (χ0v) is 13.9. The molecule has 0 spiro atoms. The Kier molecular flexibility index (Phi) is 4.50. The number of aromatic amines is 1. The molecule has 6 heteroatoms. The van der Waals surface area contributed by atoms with Gasteiger partial charge in [-0.25, -0.2) is 4.98 Å². The minimum Gasteiger partial charge on any atom is -0.360 e. The van der Waals surface area contributed by atoms with E-state index in [1.807, 2.05) is 54.7 Å². The summed E-state index contributed by atoms with van der Waals surface area (Å²) < 4.78 is 0. The van der Waals surface area contributed by atoms with Crippen molar-refractivity contribution in [3.63, 3.8) is 0 Å². The van der Waals surface area contributed by atoms with Gasteiger partial charge < -0.3 is 4.98 Å². The zero-order valence-electron chi connectivity index (χ0n) is 13.0. The molecule has 2 aromatic carbocycles. The highest BCUT2D eigenvalue weighted by atomic mass is 35.5. The van der Waals surface area contributed by atoms with Gasteiger partial charge in [-0.05, 0) is 35.4 Å². The maximum atomic E-state index is 11.1. The lowest BCUT2D eigenvalue weighted by molar-refractivity contribution is -0.384. The number of nitro groups is 1. The van der Waals surface area contributed by atoms with E-state index >= 15 is 0 Å². The molecule has 124 valence electrons. The normalized spacial score (nSPS) is 10.4. The number of nitro benzene ring substituents is 1. The maximum Gasteiger partial charge on any atom is 0.270 e. The average Bonchev–Trinajstić information content (AvgIpc) is 3.15. The molecule has 25 heavy (non-hydrogen) atoms. The third kappa shape index (κ3) is 3.09. The Morgan fingerprint density at radius 3 is 2.44 bits per heavy atom. The van der Waals surface area contributed by atoms with Crippen molar-refractivity contribution < 1.29 is 4.92 Å². The summed E-state index contributed by atoms with van der Waals surface area (Å²) >= 11 is 0. The van der Waals surface area contributed by atoms with Crippen molar-refractivity contribution in [1.82, 2.24) is 9.97 Å². The molecule has 0 atom stereocenters. The first-order chi connectivity index (χ1) is 11.7. The van der Waals surface area contributed by atoms with Gasteiger partial charge in [-0.1, -0.05) is 30.3 Å². The topological polar surface area (TPSA) is 71.8 Å². The number of halogens is 1. The monoisotopic (exact) mass is 351 g/mol. The quantitative estimate of drug-likeness (QED) is 0.406. The molecular weight excluding hydrogens is 338 g/mol. The van der Waals surface area contributed by atoms with Crippen LogP contribution in [0.15, 0.2) is 72.9 Å². The minimum atomic E-state index is -0.382. The molecule has 0 aliphatic carbocycles. The Morgan fingerprint density at radius 1 is 0.960 bits per heavy atom. The van der Waals surface area contributed by atoms with Gasteiger partial charge in [0.05, 0.1) is 21.8 Å². The lowest BCUT2D eigenvalue weighted by Crippen LogP contribution is -1.93. The number of non-ortho nitro benzene ring substituents is 1. The second kappa shape index (κ2) is 6.75. The molecule has 4 aromatic rings. The number of rotatable bonds is 3. The molecule has 0 aliphatic rings. The van der Waals surface area contributed by atoms with Crippen LogP contribution in [0.2, 0.25) is 0 Å². The Balaban J connectivity index is 0.00000182.